The molecule has 144 valence electrons. The number of benzene rings is 2. The van der Waals surface area contributed by atoms with Gasteiger partial charge in [0.15, 0.2) is 18.1 Å². The molecule has 1 aromatic heterocycles. The first kappa shape index (κ1) is 19.4. The van der Waals surface area contributed by atoms with Gasteiger partial charge in [0.1, 0.15) is 0 Å². The molecule has 0 unspecified atom stereocenters. The molecule has 0 saturated carbocycles. The Morgan fingerprint density at radius 1 is 1.14 bits per heavy atom. The summed E-state index contributed by atoms with van der Waals surface area (Å²) < 4.78 is 20.7. The van der Waals surface area contributed by atoms with Gasteiger partial charge in [-0.2, -0.15) is 4.98 Å². The quantitative estimate of drug-likeness (QED) is 0.434. The number of hydrogen-bond donors (Lipinski definition) is 0. The molecule has 8 heteroatoms. The highest BCUT2D eigenvalue weighted by molar-refractivity contribution is 6.30. The maximum atomic E-state index is 11.8. The molecule has 3 rings (SSSR count). The van der Waals surface area contributed by atoms with Gasteiger partial charge in [-0.25, -0.2) is 4.79 Å². The molecule has 0 fully saturated rings. The molecule has 0 saturated heterocycles. The molecule has 0 radical (unpaired) electrons. The Balaban J connectivity index is 1.61. The lowest BCUT2D eigenvalue weighted by Crippen LogP contribution is -2.01. The molecule has 28 heavy (non-hydrogen) atoms. The molecule has 0 amide bonds. The van der Waals surface area contributed by atoms with Crippen LogP contribution in [0.3, 0.4) is 0 Å². The maximum Gasteiger partial charge on any atom is 0.331 e. The van der Waals surface area contributed by atoms with Crippen LogP contribution >= 0.6 is 11.6 Å². The van der Waals surface area contributed by atoms with E-state index in [9.17, 15) is 4.79 Å². The van der Waals surface area contributed by atoms with E-state index in [1.807, 2.05) is 6.07 Å². The van der Waals surface area contributed by atoms with Crippen molar-refractivity contribution >= 4 is 23.6 Å². The molecule has 3 aromatic rings. The van der Waals surface area contributed by atoms with E-state index < -0.39 is 5.97 Å². The van der Waals surface area contributed by atoms with Crippen LogP contribution in [0.1, 0.15) is 11.5 Å². The zero-order chi connectivity index (χ0) is 19.9. The normalized spacial score (nSPS) is 10.8. The van der Waals surface area contributed by atoms with Gasteiger partial charge in [-0.1, -0.05) is 28.9 Å². The van der Waals surface area contributed by atoms with Crippen LogP contribution < -0.4 is 9.47 Å². The fraction of sp³-hybridized carbons (Fsp3) is 0.150. The zero-order valence-electron chi connectivity index (χ0n) is 15.2. The number of hydrogen-bond acceptors (Lipinski definition) is 7. The maximum absolute atomic E-state index is 11.8. The fourth-order valence-electron chi connectivity index (χ4n) is 2.36. The van der Waals surface area contributed by atoms with Crippen molar-refractivity contribution in [2.45, 2.75) is 6.61 Å². The summed E-state index contributed by atoms with van der Waals surface area (Å²) in [4.78, 5) is 16.1. The molecule has 0 aliphatic rings. The number of methoxy groups -OCH3 is 2. The van der Waals surface area contributed by atoms with Crippen molar-refractivity contribution in [3.8, 4) is 22.9 Å². The summed E-state index contributed by atoms with van der Waals surface area (Å²) in [5, 5.41) is 4.48. The summed E-state index contributed by atoms with van der Waals surface area (Å²) in [5.74, 6) is 1.13. The summed E-state index contributed by atoms with van der Waals surface area (Å²) in [7, 11) is 3.10. The van der Waals surface area contributed by atoms with Gasteiger partial charge in [-0.05, 0) is 42.0 Å². The van der Waals surface area contributed by atoms with Gasteiger partial charge < -0.3 is 18.7 Å². The SMILES string of the molecule is COc1ccc(-c2noc(COC(=O)/C=C/c3cccc(Cl)c3)n2)cc1OC. The van der Waals surface area contributed by atoms with Crippen LogP contribution in [0.25, 0.3) is 17.5 Å². The average Bonchev–Trinajstić information content (AvgIpc) is 3.19. The predicted molar refractivity (Wildman–Crippen MR) is 103 cm³/mol. The lowest BCUT2D eigenvalue weighted by molar-refractivity contribution is -0.139. The van der Waals surface area contributed by atoms with E-state index >= 15 is 0 Å². The van der Waals surface area contributed by atoms with Crippen LogP contribution in [0.5, 0.6) is 11.5 Å². The van der Waals surface area contributed by atoms with Gasteiger partial charge in [-0.3, -0.25) is 0 Å². The standard InChI is InChI=1S/C20H17ClN2O5/c1-25-16-8-7-14(11-17(16)26-2)20-22-18(28-23-20)12-27-19(24)9-6-13-4-3-5-15(21)10-13/h3-11H,12H2,1-2H3/b9-6+. The van der Waals surface area contributed by atoms with Crippen molar-refractivity contribution in [3.05, 3.63) is 65.0 Å². The van der Waals surface area contributed by atoms with Crippen LogP contribution in [-0.2, 0) is 16.1 Å². The lowest BCUT2D eigenvalue weighted by Gasteiger charge is -2.07. The van der Waals surface area contributed by atoms with E-state index in [0.29, 0.717) is 27.9 Å². The van der Waals surface area contributed by atoms with E-state index in [1.54, 1.807) is 56.7 Å². The first-order valence-corrected chi connectivity index (χ1v) is 8.62. The van der Waals surface area contributed by atoms with Gasteiger partial charge in [0, 0.05) is 16.7 Å². The minimum absolute atomic E-state index is 0.140. The Morgan fingerprint density at radius 2 is 1.96 bits per heavy atom. The zero-order valence-corrected chi connectivity index (χ0v) is 16.0. The van der Waals surface area contributed by atoms with Gasteiger partial charge in [-0.15, -0.1) is 0 Å². The van der Waals surface area contributed by atoms with Crippen LogP contribution in [0.15, 0.2) is 53.1 Å². The monoisotopic (exact) mass is 400 g/mol. The number of carbonyl (C=O) groups excluding carboxylic acids is 1. The molecule has 0 aliphatic carbocycles. The Hall–Kier alpha value is -3.32. The van der Waals surface area contributed by atoms with Crippen molar-refractivity contribution in [3.63, 3.8) is 0 Å². The largest absolute Gasteiger partial charge is 0.493 e. The Bertz CT molecular complexity index is 1000. The number of ether oxygens (including phenoxy) is 3. The minimum Gasteiger partial charge on any atom is -0.493 e. The summed E-state index contributed by atoms with van der Waals surface area (Å²) in [6, 6.07) is 12.3. The van der Waals surface area contributed by atoms with Crippen molar-refractivity contribution in [1.29, 1.82) is 0 Å². The molecule has 0 aliphatic heterocycles. The first-order valence-electron chi connectivity index (χ1n) is 8.24. The molecule has 0 spiro atoms. The number of esters is 1. The van der Waals surface area contributed by atoms with E-state index in [-0.39, 0.29) is 12.5 Å². The molecule has 0 bridgehead atoms. The average molecular weight is 401 g/mol. The molecule has 7 nitrogen and oxygen atoms in total. The topological polar surface area (TPSA) is 83.7 Å². The Labute approximate surface area is 166 Å². The van der Waals surface area contributed by atoms with Crippen molar-refractivity contribution in [2.24, 2.45) is 0 Å². The molecular weight excluding hydrogens is 384 g/mol. The first-order chi connectivity index (χ1) is 13.6. The minimum atomic E-state index is -0.536. The number of halogens is 1. The van der Waals surface area contributed by atoms with Gasteiger partial charge in [0.05, 0.1) is 14.2 Å². The fourth-order valence-corrected chi connectivity index (χ4v) is 2.56. The summed E-state index contributed by atoms with van der Waals surface area (Å²) in [6.07, 6.45) is 2.91. The second-order valence-corrected chi connectivity index (χ2v) is 6.01. The van der Waals surface area contributed by atoms with Crippen LogP contribution in [-0.4, -0.2) is 30.3 Å². The second-order valence-electron chi connectivity index (χ2n) is 5.58. The molecule has 0 atom stereocenters. The number of carbonyl (C=O) groups is 1. The summed E-state index contributed by atoms with van der Waals surface area (Å²) in [5.41, 5.74) is 1.47. The van der Waals surface area contributed by atoms with Crippen LogP contribution in [0.4, 0.5) is 0 Å². The third-order valence-electron chi connectivity index (χ3n) is 3.71. The highest BCUT2D eigenvalue weighted by Crippen LogP contribution is 2.31. The lowest BCUT2D eigenvalue weighted by atomic mass is 10.2. The number of nitrogens with zero attached hydrogens (tertiary/aromatic N) is 2. The smallest absolute Gasteiger partial charge is 0.331 e. The van der Waals surface area contributed by atoms with E-state index in [4.69, 9.17) is 30.3 Å². The van der Waals surface area contributed by atoms with E-state index in [0.717, 1.165) is 5.56 Å². The highest BCUT2D eigenvalue weighted by Gasteiger charge is 2.13. The molecule has 0 N–H and O–H groups in total. The van der Waals surface area contributed by atoms with Crippen molar-refractivity contribution in [2.75, 3.05) is 14.2 Å². The van der Waals surface area contributed by atoms with Gasteiger partial charge in [0.2, 0.25) is 5.82 Å². The summed E-state index contributed by atoms with van der Waals surface area (Å²) >= 11 is 5.90. The van der Waals surface area contributed by atoms with Gasteiger partial charge >= 0.3 is 5.97 Å². The van der Waals surface area contributed by atoms with E-state index in [1.165, 1.54) is 6.08 Å². The second kappa shape index (κ2) is 9.05. The Kier molecular flexibility index (Phi) is 6.29. The number of aromatic nitrogens is 2. The van der Waals surface area contributed by atoms with Crippen molar-refractivity contribution in [1.82, 2.24) is 10.1 Å². The third kappa shape index (κ3) is 4.89. The van der Waals surface area contributed by atoms with Crippen molar-refractivity contribution < 1.29 is 23.5 Å². The van der Waals surface area contributed by atoms with Gasteiger partial charge in [0.25, 0.3) is 5.89 Å². The van der Waals surface area contributed by atoms with Crippen LogP contribution in [0.2, 0.25) is 5.02 Å². The number of rotatable bonds is 7. The molecular formula is C20H17ClN2O5. The predicted octanol–water partition coefficient (Wildman–Crippen LogP) is 4.16. The third-order valence-corrected chi connectivity index (χ3v) is 3.94. The van der Waals surface area contributed by atoms with Crippen LogP contribution in [0, 0.1) is 0 Å². The van der Waals surface area contributed by atoms with E-state index in [2.05, 4.69) is 10.1 Å². The molecule has 2 aromatic carbocycles. The Morgan fingerprint density at radius 3 is 2.71 bits per heavy atom. The highest BCUT2D eigenvalue weighted by atomic mass is 35.5. The summed E-state index contributed by atoms with van der Waals surface area (Å²) in [6.45, 7) is -0.140. The molecule has 1 heterocycles.